The third-order valence-electron chi connectivity index (χ3n) is 2.74. The summed E-state index contributed by atoms with van der Waals surface area (Å²) in [6.07, 6.45) is 2.00. The lowest BCUT2D eigenvalue weighted by Crippen LogP contribution is -2.46. The van der Waals surface area contributed by atoms with Crippen LogP contribution in [0.5, 0.6) is 0 Å². The van der Waals surface area contributed by atoms with Gasteiger partial charge in [0.15, 0.2) is 0 Å². The van der Waals surface area contributed by atoms with E-state index in [9.17, 15) is 4.79 Å². The normalized spacial score (nSPS) is 26.2. The zero-order chi connectivity index (χ0) is 12.2. The second kappa shape index (κ2) is 5.04. The molecule has 1 aliphatic heterocycles. The van der Waals surface area contributed by atoms with E-state index in [1.165, 1.54) is 6.42 Å². The summed E-state index contributed by atoms with van der Waals surface area (Å²) in [7, 11) is 0. The second-order valence-electron chi connectivity index (χ2n) is 5.95. The molecule has 0 radical (unpaired) electrons. The lowest BCUT2D eigenvalue weighted by molar-refractivity contribution is 0.0495. The molecule has 0 spiro atoms. The van der Waals surface area contributed by atoms with Crippen LogP contribution in [0.3, 0.4) is 0 Å². The standard InChI is InChI=1S/C12H24N2O2/c1-11(2,3)16-10(15)14-9-12(4)6-5-7-13-8-12/h13H,5-9H2,1-4H3,(H,14,15)/t12-/m1/s1. The van der Waals surface area contributed by atoms with Crippen molar-refractivity contribution < 1.29 is 9.53 Å². The molecule has 4 nitrogen and oxygen atoms in total. The van der Waals surface area contributed by atoms with Gasteiger partial charge in [-0.1, -0.05) is 6.92 Å². The van der Waals surface area contributed by atoms with Gasteiger partial charge in [-0.25, -0.2) is 4.79 Å². The Morgan fingerprint density at radius 2 is 2.19 bits per heavy atom. The van der Waals surface area contributed by atoms with Gasteiger partial charge in [-0.2, -0.15) is 0 Å². The summed E-state index contributed by atoms with van der Waals surface area (Å²) in [6, 6.07) is 0. The highest BCUT2D eigenvalue weighted by Gasteiger charge is 2.27. The van der Waals surface area contributed by atoms with Gasteiger partial charge in [-0.3, -0.25) is 0 Å². The van der Waals surface area contributed by atoms with Crippen LogP contribution in [0.4, 0.5) is 4.79 Å². The quantitative estimate of drug-likeness (QED) is 0.759. The van der Waals surface area contributed by atoms with E-state index in [1.54, 1.807) is 0 Å². The maximum absolute atomic E-state index is 11.5. The Morgan fingerprint density at radius 3 is 2.69 bits per heavy atom. The van der Waals surface area contributed by atoms with Crippen LogP contribution >= 0.6 is 0 Å². The van der Waals surface area contributed by atoms with E-state index in [2.05, 4.69) is 17.6 Å². The highest BCUT2D eigenvalue weighted by atomic mass is 16.6. The number of rotatable bonds is 2. The molecule has 4 heteroatoms. The van der Waals surface area contributed by atoms with Crippen molar-refractivity contribution in [2.24, 2.45) is 5.41 Å². The van der Waals surface area contributed by atoms with Gasteiger partial charge in [0, 0.05) is 13.1 Å². The molecule has 0 unspecified atom stereocenters. The third-order valence-corrected chi connectivity index (χ3v) is 2.74. The summed E-state index contributed by atoms with van der Waals surface area (Å²) in [5.74, 6) is 0. The number of ether oxygens (including phenoxy) is 1. The van der Waals surface area contributed by atoms with E-state index in [0.717, 1.165) is 19.5 Å². The van der Waals surface area contributed by atoms with Crippen molar-refractivity contribution in [2.45, 2.75) is 46.1 Å². The number of piperidine rings is 1. The van der Waals surface area contributed by atoms with Crippen molar-refractivity contribution in [1.82, 2.24) is 10.6 Å². The first-order chi connectivity index (χ1) is 7.31. The summed E-state index contributed by atoms with van der Waals surface area (Å²) in [5.41, 5.74) is -0.259. The first-order valence-corrected chi connectivity index (χ1v) is 5.98. The van der Waals surface area contributed by atoms with Gasteiger partial charge in [-0.15, -0.1) is 0 Å². The summed E-state index contributed by atoms with van der Waals surface area (Å²) in [4.78, 5) is 11.5. The van der Waals surface area contributed by atoms with E-state index < -0.39 is 5.60 Å². The summed E-state index contributed by atoms with van der Waals surface area (Å²) >= 11 is 0. The average Bonchev–Trinajstić information content (AvgIpc) is 2.14. The van der Waals surface area contributed by atoms with Crippen molar-refractivity contribution >= 4 is 6.09 Å². The Labute approximate surface area is 98.1 Å². The number of carbonyl (C=O) groups is 1. The van der Waals surface area contributed by atoms with E-state index in [4.69, 9.17) is 4.74 Å². The fraction of sp³-hybridized carbons (Fsp3) is 0.917. The Balaban J connectivity index is 2.30. The molecule has 0 aromatic rings. The molecular formula is C12H24N2O2. The topological polar surface area (TPSA) is 50.4 Å². The molecule has 1 amide bonds. The number of alkyl carbamates (subject to hydrolysis) is 1. The van der Waals surface area contributed by atoms with Gasteiger partial charge in [0.1, 0.15) is 5.60 Å². The minimum Gasteiger partial charge on any atom is -0.444 e. The van der Waals surface area contributed by atoms with Crippen LogP contribution in [0.25, 0.3) is 0 Å². The van der Waals surface area contributed by atoms with Crippen LogP contribution in [0.1, 0.15) is 40.5 Å². The molecule has 0 aliphatic carbocycles. The summed E-state index contributed by atoms with van der Waals surface area (Å²) in [5, 5.41) is 6.20. The lowest BCUT2D eigenvalue weighted by atomic mass is 9.83. The van der Waals surface area contributed by atoms with Crippen LogP contribution < -0.4 is 10.6 Å². The van der Waals surface area contributed by atoms with Gasteiger partial charge in [0.2, 0.25) is 0 Å². The SMILES string of the molecule is CC(C)(C)OC(=O)NC[C@]1(C)CCCNC1. The summed E-state index contributed by atoms with van der Waals surface area (Å²) in [6.45, 7) is 10.5. The fourth-order valence-electron chi connectivity index (χ4n) is 1.87. The Hall–Kier alpha value is -0.770. The van der Waals surface area contributed by atoms with Crippen molar-refractivity contribution in [3.8, 4) is 0 Å². The largest absolute Gasteiger partial charge is 0.444 e. The molecule has 1 atom stereocenters. The number of nitrogens with one attached hydrogen (secondary N) is 2. The molecule has 0 bridgehead atoms. The molecule has 0 saturated carbocycles. The molecule has 1 aliphatic rings. The predicted octanol–water partition coefficient (Wildman–Crippen LogP) is 1.90. The van der Waals surface area contributed by atoms with Crippen molar-refractivity contribution in [3.63, 3.8) is 0 Å². The van der Waals surface area contributed by atoms with Crippen LogP contribution in [0, 0.1) is 5.41 Å². The van der Waals surface area contributed by atoms with E-state index in [1.807, 2.05) is 20.8 Å². The van der Waals surface area contributed by atoms with Gasteiger partial charge in [0.25, 0.3) is 0 Å². The number of hydrogen-bond donors (Lipinski definition) is 2. The Bertz CT molecular complexity index is 240. The first-order valence-electron chi connectivity index (χ1n) is 5.98. The van der Waals surface area contributed by atoms with Gasteiger partial charge >= 0.3 is 6.09 Å². The molecule has 16 heavy (non-hydrogen) atoms. The molecule has 1 heterocycles. The van der Waals surface area contributed by atoms with E-state index in [-0.39, 0.29) is 11.5 Å². The van der Waals surface area contributed by atoms with Gasteiger partial charge < -0.3 is 15.4 Å². The highest BCUT2D eigenvalue weighted by Crippen LogP contribution is 2.24. The average molecular weight is 228 g/mol. The maximum Gasteiger partial charge on any atom is 0.407 e. The van der Waals surface area contributed by atoms with Crippen LogP contribution in [-0.2, 0) is 4.74 Å². The molecule has 0 aromatic heterocycles. The van der Waals surface area contributed by atoms with Crippen LogP contribution in [0.2, 0.25) is 0 Å². The molecule has 1 saturated heterocycles. The maximum atomic E-state index is 11.5. The highest BCUT2D eigenvalue weighted by molar-refractivity contribution is 5.67. The third kappa shape index (κ3) is 4.84. The van der Waals surface area contributed by atoms with E-state index >= 15 is 0 Å². The lowest BCUT2D eigenvalue weighted by Gasteiger charge is -2.34. The zero-order valence-corrected chi connectivity index (χ0v) is 10.9. The minimum atomic E-state index is -0.421. The molecule has 0 aromatic carbocycles. The van der Waals surface area contributed by atoms with Gasteiger partial charge in [-0.05, 0) is 45.6 Å². The molecule has 1 fully saturated rings. The van der Waals surface area contributed by atoms with Crippen LogP contribution in [-0.4, -0.2) is 31.3 Å². The van der Waals surface area contributed by atoms with Gasteiger partial charge in [0.05, 0.1) is 0 Å². The van der Waals surface area contributed by atoms with Crippen molar-refractivity contribution in [2.75, 3.05) is 19.6 Å². The minimum absolute atomic E-state index is 0.162. The molecular weight excluding hydrogens is 204 g/mol. The zero-order valence-electron chi connectivity index (χ0n) is 10.9. The van der Waals surface area contributed by atoms with Crippen molar-refractivity contribution in [3.05, 3.63) is 0 Å². The first kappa shape index (κ1) is 13.3. The monoisotopic (exact) mass is 228 g/mol. The van der Waals surface area contributed by atoms with E-state index in [0.29, 0.717) is 6.54 Å². The Morgan fingerprint density at radius 1 is 1.50 bits per heavy atom. The fourth-order valence-corrected chi connectivity index (χ4v) is 1.87. The second-order valence-corrected chi connectivity index (χ2v) is 5.95. The molecule has 2 N–H and O–H groups in total. The number of amides is 1. The predicted molar refractivity (Wildman–Crippen MR) is 64.4 cm³/mol. The van der Waals surface area contributed by atoms with Crippen molar-refractivity contribution in [1.29, 1.82) is 0 Å². The van der Waals surface area contributed by atoms with Crippen LogP contribution in [0.15, 0.2) is 0 Å². The number of hydrogen-bond acceptors (Lipinski definition) is 3. The Kier molecular flexibility index (Phi) is 4.19. The summed E-state index contributed by atoms with van der Waals surface area (Å²) < 4.78 is 5.20. The number of carbonyl (C=O) groups excluding carboxylic acids is 1. The molecule has 1 rings (SSSR count). The molecule has 94 valence electrons. The smallest absolute Gasteiger partial charge is 0.407 e.